The van der Waals surface area contributed by atoms with Gasteiger partial charge in [0.1, 0.15) is 9.79 Å². The third kappa shape index (κ3) is 6.72. The molecule has 0 radical (unpaired) electrons. The fourth-order valence-electron chi connectivity index (χ4n) is 5.28. The number of phenols is 2. The van der Waals surface area contributed by atoms with Gasteiger partial charge in [0.25, 0.3) is 0 Å². The van der Waals surface area contributed by atoms with Crippen LogP contribution in [0.15, 0.2) is 45.7 Å². The number of amides is 2. The third-order valence-corrected chi connectivity index (χ3v) is 14.4. The van der Waals surface area contributed by atoms with E-state index in [0.29, 0.717) is 26.1 Å². The van der Waals surface area contributed by atoms with Gasteiger partial charge in [-0.15, -0.1) is 0 Å². The molecule has 2 heterocycles. The molecule has 12 nitrogen and oxygen atoms in total. The quantitative estimate of drug-likeness (QED) is 0.158. The van der Waals surface area contributed by atoms with Crippen molar-refractivity contribution < 1.29 is 41.3 Å². The summed E-state index contributed by atoms with van der Waals surface area (Å²) in [4.78, 5) is 11.6. The number of sulfone groups is 2. The number of ether oxygens (including phenoxy) is 2. The molecule has 2 aliphatic heterocycles. The Morgan fingerprint density at radius 2 is 1.42 bits per heavy atom. The number of nitrogens with one attached hydrogen (secondary N) is 2. The van der Waals surface area contributed by atoms with Gasteiger partial charge in [-0.05, 0) is 70.7 Å². The van der Waals surface area contributed by atoms with Crippen molar-refractivity contribution in [3.8, 4) is 11.5 Å². The molecule has 0 bridgehead atoms. The lowest BCUT2D eigenvalue weighted by Crippen LogP contribution is -2.37. The second-order valence-corrected chi connectivity index (χ2v) is 17.4. The van der Waals surface area contributed by atoms with Crippen LogP contribution in [0, 0.1) is 0 Å². The zero-order valence-corrected chi connectivity index (χ0v) is 28.2. The first-order chi connectivity index (χ1) is 20.9. The van der Waals surface area contributed by atoms with Gasteiger partial charge >= 0.3 is 6.03 Å². The number of benzene rings is 2. The predicted octanol–water partition coefficient (Wildman–Crippen LogP) is 4.81. The van der Waals surface area contributed by atoms with Gasteiger partial charge < -0.3 is 36.1 Å². The minimum Gasteiger partial charge on any atom is -0.504 e. The molecule has 45 heavy (non-hydrogen) atoms. The summed E-state index contributed by atoms with van der Waals surface area (Å²) in [5.41, 5.74) is 6.57. The van der Waals surface area contributed by atoms with Crippen LogP contribution in [0.25, 0.3) is 0 Å². The summed E-state index contributed by atoms with van der Waals surface area (Å²) in [6.45, 7) is 5.88. The normalized spacial score (nSPS) is 24.9. The van der Waals surface area contributed by atoms with Crippen molar-refractivity contribution in [2.24, 2.45) is 0 Å². The summed E-state index contributed by atoms with van der Waals surface area (Å²) in [5.74, 6) is -1.06. The number of allylic oxidation sites excluding steroid dienone is 1. The third-order valence-electron chi connectivity index (χ3n) is 8.42. The first-order valence-electron chi connectivity index (χ1n) is 14.1. The second kappa shape index (κ2) is 13.2. The highest BCUT2D eigenvalue weighted by atomic mass is 35.5. The van der Waals surface area contributed by atoms with Gasteiger partial charge in [0, 0.05) is 13.2 Å². The largest absolute Gasteiger partial charge is 0.504 e. The number of hydrogen-bond acceptors (Lipinski definition) is 10. The van der Waals surface area contributed by atoms with E-state index in [0.717, 1.165) is 18.4 Å². The van der Waals surface area contributed by atoms with Crippen LogP contribution < -0.4 is 16.4 Å². The minimum atomic E-state index is -3.98. The Bertz CT molecular complexity index is 1720. The molecule has 248 valence electrons. The van der Waals surface area contributed by atoms with Crippen LogP contribution in [0.2, 0.25) is 10.0 Å². The number of anilines is 2. The number of halogens is 2. The van der Waals surface area contributed by atoms with Crippen molar-refractivity contribution in [3.63, 3.8) is 0 Å². The van der Waals surface area contributed by atoms with Crippen molar-refractivity contribution in [1.29, 1.82) is 0 Å². The van der Waals surface area contributed by atoms with Crippen molar-refractivity contribution in [1.82, 2.24) is 5.32 Å². The Hall–Kier alpha value is -2.75. The molecule has 3 atom stereocenters. The Kier molecular flexibility index (Phi) is 10.3. The van der Waals surface area contributed by atoms with Crippen LogP contribution in [0.4, 0.5) is 16.2 Å². The van der Waals surface area contributed by atoms with E-state index in [2.05, 4.69) is 16.7 Å². The maximum Gasteiger partial charge on any atom is 0.319 e. The number of phenolic OH excluding ortho intramolecular Hbond substituents is 2. The first kappa shape index (κ1) is 35.1. The molecular formula is C29H37Cl2N3O9S2. The van der Waals surface area contributed by atoms with E-state index in [1.807, 2.05) is 6.92 Å². The number of carbonyl (C=O) groups is 1. The van der Waals surface area contributed by atoms with Crippen LogP contribution in [0.5, 0.6) is 11.5 Å². The molecule has 1 aliphatic carbocycles. The molecule has 2 saturated heterocycles. The van der Waals surface area contributed by atoms with E-state index in [9.17, 15) is 31.8 Å². The van der Waals surface area contributed by atoms with E-state index in [-0.39, 0.29) is 50.5 Å². The summed E-state index contributed by atoms with van der Waals surface area (Å²) in [7, 11) is -7.79. The Morgan fingerprint density at radius 1 is 0.911 bits per heavy atom. The maximum absolute atomic E-state index is 13.1. The number of rotatable bonds is 6. The van der Waals surface area contributed by atoms with Gasteiger partial charge in [0.15, 0.2) is 31.2 Å². The first-order valence-corrected chi connectivity index (χ1v) is 17.8. The summed E-state index contributed by atoms with van der Waals surface area (Å²) in [5, 5.41) is 25.6. The molecule has 5 rings (SSSR count). The standard InChI is InChI=1S/C18H23ClN2O5S.C11H14ClNO4S/c1-11-4-3-5-13(11)20-17(23)21-14-7-6-12(19)16(15(14)22)27(24,25)18(2)8-9-26-10-18;1-11(4-5-17-6-11)18(15,16)10-7(12)2-3-8(13)9(10)14/h4,6-7,13,22H,3,5,8-10H2,1-2H3,(H2,20,21,23);2-3,14H,4-6,13H2,1H3/t13-,18+;11-/m01/s1. The van der Waals surface area contributed by atoms with E-state index in [1.54, 1.807) is 13.8 Å². The number of carbonyl (C=O) groups excluding carboxylic acids is 1. The van der Waals surface area contributed by atoms with Crippen LogP contribution in [0.1, 0.15) is 46.5 Å². The topological polar surface area (TPSA) is 194 Å². The molecule has 2 aromatic rings. The monoisotopic (exact) mass is 705 g/mol. The number of nitrogen functional groups attached to an aromatic ring is 1. The molecular weight excluding hydrogens is 669 g/mol. The Labute approximate surface area is 272 Å². The number of aromatic hydroxyl groups is 2. The minimum absolute atomic E-state index is 0.0134. The van der Waals surface area contributed by atoms with Crippen LogP contribution >= 0.6 is 23.2 Å². The van der Waals surface area contributed by atoms with Crippen molar-refractivity contribution in [3.05, 3.63) is 46.0 Å². The highest BCUT2D eigenvalue weighted by Crippen LogP contribution is 2.44. The molecule has 3 aliphatic rings. The summed E-state index contributed by atoms with van der Waals surface area (Å²) in [6.07, 6.45) is 4.42. The summed E-state index contributed by atoms with van der Waals surface area (Å²) < 4.78 is 59.5. The second-order valence-electron chi connectivity index (χ2n) is 11.8. The molecule has 2 amide bonds. The van der Waals surface area contributed by atoms with Gasteiger partial charge in [-0.3, -0.25) is 0 Å². The number of nitrogens with two attached hydrogens (primary N) is 1. The van der Waals surface area contributed by atoms with Crippen molar-refractivity contribution in [2.75, 3.05) is 37.5 Å². The van der Waals surface area contributed by atoms with Gasteiger partial charge in [-0.2, -0.15) is 0 Å². The Balaban J connectivity index is 0.000000222. The lowest BCUT2D eigenvalue weighted by atomic mass is 10.1. The van der Waals surface area contributed by atoms with E-state index >= 15 is 0 Å². The molecule has 0 unspecified atom stereocenters. The van der Waals surface area contributed by atoms with E-state index < -0.39 is 46.7 Å². The lowest BCUT2D eigenvalue weighted by Gasteiger charge is -2.24. The number of urea groups is 1. The average molecular weight is 707 g/mol. The van der Waals surface area contributed by atoms with Crippen LogP contribution in [0.3, 0.4) is 0 Å². The van der Waals surface area contributed by atoms with Crippen LogP contribution in [-0.4, -0.2) is 75.0 Å². The Morgan fingerprint density at radius 3 is 1.89 bits per heavy atom. The van der Waals surface area contributed by atoms with Gasteiger partial charge in [0.2, 0.25) is 0 Å². The highest BCUT2D eigenvalue weighted by Gasteiger charge is 2.47. The van der Waals surface area contributed by atoms with E-state index in [4.69, 9.17) is 38.4 Å². The van der Waals surface area contributed by atoms with Gasteiger partial charge in [0.05, 0.1) is 50.2 Å². The number of hydrogen-bond donors (Lipinski definition) is 5. The summed E-state index contributed by atoms with van der Waals surface area (Å²) in [6, 6.07) is 4.86. The molecule has 2 aromatic carbocycles. The van der Waals surface area contributed by atoms with Gasteiger partial charge in [-0.1, -0.05) is 34.9 Å². The predicted molar refractivity (Wildman–Crippen MR) is 172 cm³/mol. The van der Waals surface area contributed by atoms with Crippen LogP contribution in [-0.2, 0) is 29.1 Å². The fourth-order valence-corrected chi connectivity index (χ4v) is 9.75. The SMILES string of the molecule is CC1=CCC[C@@H]1NC(=O)Nc1ccc(Cl)c(S(=O)(=O)[C@]2(C)CCOC2)c1O.C[C@@]1(S(=O)(=O)c2c(Cl)ccc(N)c2O)CCOC1. The molecule has 6 N–H and O–H groups in total. The molecule has 16 heteroatoms. The summed E-state index contributed by atoms with van der Waals surface area (Å²) >= 11 is 12.0. The zero-order valence-electron chi connectivity index (χ0n) is 25.0. The molecule has 0 spiro atoms. The highest BCUT2D eigenvalue weighted by molar-refractivity contribution is 7.93. The maximum atomic E-state index is 13.1. The molecule has 2 fully saturated rings. The average Bonchev–Trinajstić information content (AvgIpc) is 3.71. The zero-order chi connectivity index (χ0) is 33.4. The molecule has 0 saturated carbocycles. The van der Waals surface area contributed by atoms with Gasteiger partial charge in [-0.25, -0.2) is 21.6 Å². The lowest BCUT2D eigenvalue weighted by molar-refractivity contribution is 0.191. The van der Waals surface area contributed by atoms with E-state index in [1.165, 1.54) is 24.3 Å². The van der Waals surface area contributed by atoms with Crippen molar-refractivity contribution in [2.45, 2.75) is 71.8 Å². The van der Waals surface area contributed by atoms with Crippen molar-refractivity contribution >= 4 is 60.3 Å². The molecule has 0 aromatic heterocycles. The smallest absolute Gasteiger partial charge is 0.319 e. The fraction of sp³-hybridized carbons (Fsp3) is 0.483.